The van der Waals surface area contributed by atoms with Gasteiger partial charge in [0.1, 0.15) is 5.82 Å². The van der Waals surface area contributed by atoms with E-state index in [9.17, 15) is 9.18 Å². The highest BCUT2D eigenvalue weighted by atomic mass is 19.1. The van der Waals surface area contributed by atoms with Gasteiger partial charge in [-0.3, -0.25) is 4.79 Å². The van der Waals surface area contributed by atoms with E-state index >= 15 is 0 Å². The van der Waals surface area contributed by atoms with E-state index in [4.69, 9.17) is 0 Å². The molecule has 1 aliphatic rings. The summed E-state index contributed by atoms with van der Waals surface area (Å²) in [6.45, 7) is 1.37. The molecule has 1 heterocycles. The van der Waals surface area contributed by atoms with Crippen molar-refractivity contribution in [3.05, 3.63) is 35.6 Å². The van der Waals surface area contributed by atoms with Gasteiger partial charge in [-0.1, -0.05) is 12.1 Å². The molecular formula is C12H15FN2O. The molecule has 0 spiro atoms. The fourth-order valence-electron chi connectivity index (χ4n) is 1.82. The van der Waals surface area contributed by atoms with E-state index < -0.39 is 0 Å². The van der Waals surface area contributed by atoms with Crippen LogP contribution < -0.4 is 10.6 Å². The van der Waals surface area contributed by atoms with E-state index in [1.807, 2.05) is 0 Å². The van der Waals surface area contributed by atoms with E-state index in [0.717, 1.165) is 24.9 Å². The first-order valence-corrected chi connectivity index (χ1v) is 5.51. The Morgan fingerprint density at radius 2 is 2.19 bits per heavy atom. The van der Waals surface area contributed by atoms with Crippen LogP contribution in [0.15, 0.2) is 24.3 Å². The van der Waals surface area contributed by atoms with Crippen LogP contribution in [0, 0.1) is 5.82 Å². The van der Waals surface area contributed by atoms with E-state index in [0.29, 0.717) is 6.54 Å². The third-order valence-electron chi connectivity index (χ3n) is 2.76. The summed E-state index contributed by atoms with van der Waals surface area (Å²) < 4.78 is 12.6. The molecular weight excluding hydrogens is 207 g/mol. The zero-order valence-electron chi connectivity index (χ0n) is 9.00. The topological polar surface area (TPSA) is 41.1 Å². The lowest BCUT2D eigenvalue weighted by atomic mass is 10.2. The van der Waals surface area contributed by atoms with Gasteiger partial charge in [-0.25, -0.2) is 4.39 Å². The number of rotatable bonds is 3. The number of amides is 1. The highest BCUT2D eigenvalue weighted by Gasteiger charge is 2.21. The van der Waals surface area contributed by atoms with Gasteiger partial charge in [-0.15, -0.1) is 0 Å². The summed E-state index contributed by atoms with van der Waals surface area (Å²) >= 11 is 0. The third-order valence-corrected chi connectivity index (χ3v) is 2.76. The number of carbonyl (C=O) groups is 1. The Bertz CT molecular complexity index is 358. The highest BCUT2D eigenvalue weighted by molar-refractivity contribution is 5.81. The van der Waals surface area contributed by atoms with Crippen LogP contribution in [0.1, 0.15) is 18.4 Å². The van der Waals surface area contributed by atoms with Crippen LogP contribution in [-0.2, 0) is 11.3 Å². The van der Waals surface area contributed by atoms with Crippen LogP contribution in [0.25, 0.3) is 0 Å². The van der Waals surface area contributed by atoms with Gasteiger partial charge in [0, 0.05) is 6.54 Å². The zero-order chi connectivity index (χ0) is 11.4. The van der Waals surface area contributed by atoms with Crippen LogP contribution in [-0.4, -0.2) is 18.5 Å². The summed E-state index contributed by atoms with van der Waals surface area (Å²) in [5.41, 5.74) is 0.910. The Balaban J connectivity index is 1.82. The summed E-state index contributed by atoms with van der Waals surface area (Å²) in [7, 11) is 0. The number of halogens is 1. The summed E-state index contributed by atoms with van der Waals surface area (Å²) in [5.74, 6) is -0.227. The molecule has 1 amide bonds. The predicted octanol–water partition coefficient (Wildman–Crippen LogP) is 1.19. The van der Waals surface area contributed by atoms with Crippen molar-refractivity contribution in [1.29, 1.82) is 0 Å². The quantitative estimate of drug-likeness (QED) is 0.806. The molecule has 0 radical (unpaired) electrons. The highest BCUT2D eigenvalue weighted by Crippen LogP contribution is 2.06. The summed E-state index contributed by atoms with van der Waals surface area (Å²) in [4.78, 5) is 11.6. The van der Waals surface area contributed by atoms with Gasteiger partial charge in [-0.05, 0) is 37.1 Å². The van der Waals surface area contributed by atoms with Crippen LogP contribution >= 0.6 is 0 Å². The second-order valence-electron chi connectivity index (χ2n) is 3.99. The third kappa shape index (κ3) is 2.79. The van der Waals surface area contributed by atoms with Crippen molar-refractivity contribution in [3.8, 4) is 0 Å². The fraction of sp³-hybridized carbons (Fsp3) is 0.417. The summed E-state index contributed by atoms with van der Waals surface area (Å²) in [5, 5.41) is 5.97. The lowest BCUT2D eigenvalue weighted by Crippen LogP contribution is -2.39. The van der Waals surface area contributed by atoms with Gasteiger partial charge in [-0.2, -0.15) is 0 Å². The average Bonchev–Trinajstić information content (AvgIpc) is 2.81. The smallest absolute Gasteiger partial charge is 0.237 e. The molecule has 86 valence electrons. The molecule has 1 fully saturated rings. The maximum atomic E-state index is 12.6. The van der Waals surface area contributed by atoms with E-state index in [-0.39, 0.29) is 17.8 Å². The first-order valence-electron chi connectivity index (χ1n) is 5.51. The minimum absolute atomic E-state index is 0.0295. The first-order chi connectivity index (χ1) is 7.75. The molecule has 0 aromatic heterocycles. The molecule has 4 heteroatoms. The molecule has 16 heavy (non-hydrogen) atoms. The minimum Gasteiger partial charge on any atom is -0.351 e. The molecule has 1 aliphatic heterocycles. The SMILES string of the molecule is O=C(NCc1ccc(F)cc1)[C@H]1CCCN1. The number of nitrogens with one attached hydrogen (secondary N) is 2. The number of carbonyl (C=O) groups excluding carboxylic acids is 1. The molecule has 0 aliphatic carbocycles. The second-order valence-corrected chi connectivity index (χ2v) is 3.99. The average molecular weight is 222 g/mol. The second kappa shape index (κ2) is 5.07. The Hall–Kier alpha value is -1.42. The van der Waals surface area contributed by atoms with Crippen LogP contribution in [0.5, 0.6) is 0 Å². The minimum atomic E-state index is -0.257. The van der Waals surface area contributed by atoms with Gasteiger partial charge < -0.3 is 10.6 Å². The van der Waals surface area contributed by atoms with Crippen molar-refractivity contribution in [3.63, 3.8) is 0 Å². The normalized spacial score (nSPS) is 19.7. The molecule has 0 bridgehead atoms. The van der Waals surface area contributed by atoms with Crippen molar-refractivity contribution in [1.82, 2.24) is 10.6 Å². The molecule has 2 N–H and O–H groups in total. The molecule has 0 saturated carbocycles. The zero-order valence-corrected chi connectivity index (χ0v) is 9.00. The summed E-state index contributed by atoms with van der Waals surface area (Å²) in [6.07, 6.45) is 1.95. The maximum Gasteiger partial charge on any atom is 0.237 e. The van der Waals surface area contributed by atoms with Crippen LogP contribution in [0.2, 0.25) is 0 Å². The summed E-state index contributed by atoms with van der Waals surface area (Å²) in [6, 6.07) is 6.10. The first kappa shape index (κ1) is 11.1. The largest absolute Gasteiger partial charge is 0.351 e. The monoisotopic (exact) mass is 222 g/mol. The maximum absolute atomic E-state index is 12.6. The van der Waals surface area contributed by atoms with Crippen molar-refractivity contribution in [2.24, 2.45) is 0 Å². The Morgan fingerprint density at radius 1 is 1.44 bits per heavy atom. The van der Waals surface area contributed by atoms with Gasteiger partial charge in [0.05, 0.1) is 6.04 Å². The van der Waals surface area contributed by atoms with Gasteiger partial charge in [0.15, 0.2) is 0 Å². The molecule has 1 aromatic carbocycles. The Morgan fingerprint density at radius 3 is 2.81 bits per heavy atom. The number of benzene rings is 1. The molecule has 2 rings (SSSR count). The van der Waals surface area contributed by atoms with Gasteiger partial charge in [0.2, 0.25) is 5.91 Å². The van der Waals surface area contributed by atoms with Crippen molar-refractivity contribution >= 4 is 5.91 Å². The predicted molar refractivity (Wildman–Crippen MR) is 59.3 cm³/mol. The number of hydrogen-bond acceptors (Lipinski definition) is 2. The lowest BCUT2D eigenvalue weighted by molar-refractivity contribution is -0.122. The molecule has 1 atom stereocenters. The fourth-order valence-corrected chi connectivity index (χ4v) is 1.82. The van der Waals surface area contributed by atoms with E-state index in [1.54, 1.807) is 12.1 Å². The standard InChI is InChI=1S/C12H15FN2O/c13-10-5-3-9(4-6-10)8-15-12(16)11-2-1-7-14-11/h3-6,11,14H,1-2,7-8H2,(H,15,16)/t11-/m1/s1. The molecule has 1 saturated heterocycles. The Labute approximate surface area is 94.0 Å². The van der Waals surface area contributed by atoms with Crippen molar-refractivity contribution in [2.45, 2.75) is 25.4 Å². The molecule has 3 nitrogen and oxygen atoms in total. The lowest BCUT2D eigenvalue weighted by Gasteiger charge is -2.10. The molecule has 0 unspecified atom stereocenters. The van der Waals surface area contributed by atoms with Crippen LogP contribution in [0.4, 0.5) is 4.39 Å². The molecule has 1 aromatic rings. The van der Waals surface area contributed by atoms with Gasteiger partial charge >= 0.3 is 0 Å². The van der Waals surface area contributed by atoms with Crippen LogP contribution in [0.3, 0.4) is 0 Å². The van der Waals surface area contributed by atoms with E-state index in [2.05, 4.69) is 10.6 Å². The Kier molecular flexibility index (Phi) is 3.51. The number of hydrogen-bond donors (Lipinski definition) is 2. The van der Waals surface area contributed by atoms with Crippen molar-refractivity contribution < 1.29 is 9.18 Å². The van der Waals surface area contributed by atoms with Crippen molar-refractivity contribution in [2.75, 3.05) is 6.54 Å². The van der Waals surface area contributed by atoms with Gasteiger partial charge in [0.25, 0.3) is 0 Å². The van der Waals surface area contributed by atoms with E-state index in [1.165, 1.54) is 12.1 Å².